The lowest BCUT2D eigenvalue weighted by Gasteiger charge is -2.31. The van der Waals surface area contributed by atoms with Gasteiger partial charge in [-0.3, -0.25) is 4.79 Å². The highest BCUT2D eigenvalue weighted by atomic mass is 79.9. The van der Waals surface area contributed by atoms with Gasteiger partial charge in [-0.25, -0.2) is 4.79 Å². The van der Waals surface area contributed by atoms with Crippen LogP contribution in [0.5, 0.6) is 0 Å². The van der Waals surface area contributed by atoms with Crippen molar-refractivity contribution in [1.82, 2.24) is 4.90 Å². The molecule has 0 saturated heterocycles. The number of nitrogens with zero attached hydrogens (tertiary/aromatic N) is 1. The molecule has 94 valence electrons. The van der Waals surface area contributed by atoms with E-state index in [4.69, 9.17) is 5.11 Å². The van der Waals surface area contributed by atoms with Crippen LogP contribution in [0, 0.1) is 0 Å². The fourth-order valence-corrected chi connectivity index (χ4v) is 2.64. The van der Waals surface area contributed by atoms with E-state index in [1.165, 1.54) is 37.1 Å². The molecule has 0 saturated carbocycles. The summed E-state index contributed by atoms with van der Waals surface area (Å²) in [5.41, 5.74) is -1.19. The van der Waals surface area contributed by atoms with Crippen LogP contribution in [0.15, 0.2) is 15.9 Å². The van der Waals surface area contributed by atoms with Crippen LogP contribution in [0.2, 0.25) is 0 Å². The average Bonchev–Trinajstić information content (AvgIpc) is 2.62. The summed E-state index contributed by atoms with van der Waals surface area (Å²) in [4.78, 5) is 25.1. The number of carbonyl (C=O) groups excluding carboxylic acids is 1. The molecule has 0 aliphatic carbocycles. The van der Waals surface area contributed by atoms with Gasteiger partial charge in [0.1, 0.15) is 5.54 Å². The third-order valence-electron chi connectivity index (χ3n) is 2.69. The number of likely N-dealkylation sites (N-methyl/N-ethyl adjacent to an activating group) is 1. The fraction of sp³-hybridized carbons (Fsp3) is 0.455. The monoisotopic (exact) mass is 319 g/mol. The summed E-state index contributed by atoms with van der Waals surface area (Å²) < 4.78 is 0.959. The molecule has 0 aromatic carbocycles. The third-order valence-corrected chi connectivity index (χ3v) is 4.31. The minimum atomic E-state index is -1.19. The Morgan fingerprint density at radius 1 is 1.47 bits per heavy atom. The highest BCUT2D eigenvalue weighted by molar-refractivity contribution is 9.11. The molecule has 0 atom stereocenters. The maximum absolute atomic E-state index is 11.9. The van der Waals surface area contributed by atoms with Gasteiger partial charge in [0.15, 0.2) is 0 Å². The van der Waals surface area contributed by atoms with Crippen molar-refractivity contribution in [3.8, 4) is 0 Å². The quantitative estimate of drug-likeness (QED) is 0.927. The first-order chi connectivity index (χ1) is 7.75. The van der Waals surface area contributed by atoms with Gasteiger partial charge in [0, 0.05) is 11.9 Å². The lowest BCUT2D eigenvalue weighted by Crippen LogP contribution is -2.51. The van der Waals surface area contributed by atoms with Crippen molar-refractivity contribution in [1.29, 1.82) is 0 Å². The SMILES string of the molecule is CN(C(=O)Cc1ccc(Br)s1)C(C)(C)C(=O)O. The topological polar surface area (TPSA) is 57.6 Å². The first kappa shape index (κ1) is 14.2. The maximum Gasteiger partial charge on any atom is 0.329 e. The summed E-state index contributed by atoms with van der Waals surface area (Å²) in [6, 6.07) is 3.73. The molecule has 6 heteroatoms. The summed E-state index contributed by atoms with van der Waals surface area (Å²) in [6.07, 6.45) is 0.226. The molecular formula is C11H14BrNO3S. The first-order valence-electron chi connectivity index (χ1n) is 4.99. The van der Waals surface area contributed by atoms with Gasteiger partial charge in [0.25, 0.3) is 0 Å². The Kier molecular flexibility index (Phi) is 4.32. The molecule has 0 radical (unpaired) electrons. The van der Waals surface area contributed by atoms with E-state index < -0.39 is 11.5 Å². The molecule has 1 heterocycles. The van der Waals surface area contributed by atoms with Crippen LogP contribution >= 0.6 is 27.3 Å². The van der Waals surface area contributed by atoms with Gasteiger partial charge < -0.3 is 10.0 Å². The first-order valence-corrected chi connectivity index (χ1v) is 6.60. The number of carbonyl (C=O) groups is 2. The van der Waals surface area contributed by atoms with Crippen molar-refractivity contribution in [2.45, 2.75) is 25.8 Å². The minimum Gasteiger partial charge on any atom is -0.480 e. The molecule has 0 unspecified atom stereocenters. The number of thiophene rings is 1. The van der Waals surface area contributed by atoms with Crippen molar-refractivity contribution in [3.05, 3.63) is 20.8 Å². The summed E-state index contributed by atoms with van der Waals surface area (Å²) in [6.45, 7) is 3.02. The van der Waals surface area contributed by atoms with Gasteiger partial charge in [-0.2, -0.15) is 0 Å². The number of amides is 1. The smallest absolute Gasteiger partial charge is 0.329 e. The molecular weight excluding hydrogens is 306 g/mol. The lowest BCUT2D eigenvalue weighted by molar-refractivity contribution is -0.155. The van der Waals surface area contributed by atoms with Crippen molar-refractivity contribution in [2.24, 2.45) is 0 Å². The Morgan fingerprint density at radius 3 is 2.47 bits per heavy atom. The second kappa shape index (κ2) is 5.18. The number of hydrogen-bond acceptors (Lipinski definition) is 3. The zero-order valence-electron chi connectivity index (χ0n) is 9.86. The Morgan fingerprint density at radius 2 is 2.06 bits per heavy atom. The number of carboxylic acid groups (broad SMARTS) is 1. The van der Waals surface area contributed by atoms with Crippen LogP contribution in [0.3, 0.4) is 0 Å². The molecule has 1 aromatic heterocycles. The Hall–Kier alpha value is -0.880. The van der Waals surface area contributed by atoms with Crippen molar-refractivity contribution >= 4 is 39.1 Å². The Bertz CT molecular complexity index is 442. The second-order valence-corrected chi connectivity index (χ2v) is 6.75. The van der Waals surface area contributed by atoms with Gasteiger partial charge >= 0.3 is 5.97 Å². The standard InChI is InChI=1S/C11H14BrNO3S/c1-11(2,10(15)16)13(3)9(14)6-7-4-5-8(12)17-7/h4-5H,6H2,1-3H3,(H,15,16). The van der Waals surface area contributed by atoms with Gasteiger partial charge in [0.2, 0.25) is 5.91 Å². The predicted octanol–water partition coefficient (Wildman–Crippen LogP) is 2.37. The van der Waals surface area contributed by atoms with Crippen LogP contribution in [-0.2, 0) is 16.0 Å². The summed E-state index contributed by atoms with van der Waals surface area (Å²) in [7, 11) is 1.51. The molecule has 17 heavy (non-hydrogen) atoms. The van der Waals surface area contributed by atoms with E-state index in [0.29, 0.717) is 0 Å². The van der Waals surface area contributed by atoms with E-state index in [0.717, 1.165) is 8.66 Å². The zero-order valence-corrected chi connectivity index (χ0v) is 12.3. The van der Waals surface area contributed by atoms with E-state index in [1.807, 2.05) is 12.1 Å². The van der Waals surface area contributed by atoms with Gasteiger partial charge in [-0.1, -0.05) is 0 Å². The van der Waals surface area contributed by atoms with Crippen LogP contribution in [-0.4, -0.2) is 34.5 Å². The normalized spacial score (nSPS) is 11.3. The van der Waals surface area contributed by atoms with E-state index in [-0.39, 0.29) is 12.3 Å². The minimum absolute atomic E-state index is 0.202. The molecule has 0 fully saturated rings. The average molecular weight is 320 g/mol. The van der Waals surface area contributed by atoms with E-state index in [1.54, 1.807) is 0 Å². The summed E-state index contributed by atoms with van der Waals surface area (Å²) in [5.74, 6) is -1.22. The molecule has 0 spiro atoms. The molecule has 0 bridgehead atoms. The van der Waals surface area contributed by atoms with Crippen LogP contribution in [0.25, 0.3) is 0 Å². The Labute approximate surface area is 112 Å². The van der Waals surface area contributed by atoms with Crippen molar-refractivity contribution in [3.63, 3.8) is 0 Å². The summed E-state index contributed by atoms with van der Waals surface area (Å²) >= 11 is 4.80. The van der Waals surface area contributed by atoms with E-state index >= 15 is 0 Å². The largest absolute Gasteiger partial charge is 0.480 e. The van der Waals surface area contributed by atoms with Crippen LogP contribution < -0.4 is 0 Å². The van der Waals surface area contributed by atoms with Crippen molar-refractivity contribution < 1.29 is 14.7 Å². The van der Waals surface area contributed by atoms with Gasteiger partial charge in [-0.15, -0.1) is 11.3 Å². The Balaban J connectivity index is 2.74. The molecule has 0 aliphatic rings. The molecule has 4 nitrogen and oxygen atoms in total. The molecule has 1 N–H and O–H groups in total. The molecule has 1 amide bonds. The number of halogens is 1. The number of hydrogen-bond donors (Lipinski definition) is 1. The summed E-state index contributed by atoms with van der Waals surface area (Å²) in [5, 5.41) is 9.03. The second-order valence-electron chi connectivity index (χ2n) is 4.20. The molecule has 0 aliphatic heterocycles. The predicted molar refractivity (Wildman–Crippen MR) is 70.2 cm³/mol. The highest BCUT2D eigenvalue weighted by Crippen LogP contribution is 2.23. The number of rotatable bonds is 4. The fourth-order valence-electron chi connectivity index (χ4n) is 1.17. The van der Waals surface area contributed by atoms with Crippen LogP contribution in [0.1, 0.15) is 18.7 Å². The van der Waals surface area contributed by atoms with Crippen LogP contribution in [0.4, 0.5) is 0 Å². The highest BCUT2D eigenvalue weighted by Gasteiger charge is 2.35. The zero-order chi connectivity index (χ0) is 13.2. The van der Waals surface area contributed by atoms with Gasteiger partial charge in [0.05, 0.1) is 10.2 Å². The number of carboxylic acids is 1. The van der Waals surface area contributed by atoms with Gasteiger partial charge in [-0.05, 0) is 41.9 Å². The van der Waals surface area contributed by atoms with E-state index in [9.17, 15) is 9.59 Å². The third kappa shape index (κ3) is 3.29. The number of aliphatic carboxylic acids is 1. The van der Waals surface area contributed by atoms with Crippen molar-refractivity contribution in [2.75, 3.05) is 7.05 Å². The molecule has 1 aromatic rings. The van der Waals surface area contributed by atoms with E-state index in [2.05, 4.69) is 15.9 Å². The maximum atomic E-state index is 11.9. The lowest BCUT2D eigenvalue weighted by atomic mass is 10.0. The molecule has 1 rings (SSSR count).